The minimum Gasteiger partial charge on any atom is -0.411 e. The molecule has 0 aliphatic heterocycles. The van der Waals surface area contributed by atoms with Crippen LogP contribution in [-0.4, -0.2) is 11.4 Å². The van der Waals surface area contributed by atoms with E-state index < -0.39 is 0 Å². The van der Waals surface area contributed by atoms with Crippen LogP contribution in [0.25, 0.3) is 0 Å². The van der Waals surface area contributed by atoms with Crippen molar-refractivity contribution in [2.24, 2.45) is 5.16 Å². The fraction of sp³-hybridized carbons (Fsp3) is 0.300. The molecule has 1 rings (SSSR count). The first-order valence-electron chi connectivity index (χ1n) is 4.07. The zero-order valence-electron chi connectivity index (χ0n) is 7.78. The van der Waals surface area contributed by atoms with Gasteiger partial charge in [0.25, 0.3) is 0 Å². The molecule has 66 valence electrons. The van der Waals surface area contributed by atoms with Gasteiger partial charge in [-0.2, -0.15) is 0 Å². The molecule has 2 nitrogen and oxygen atoms in total. The van der Waals surface area contributed by atoms with E-state index in [0.717, 1.165) is 5.56 Å². The monoisotopic (exact) mass is 165 g/mol. The predicted octanol–water partition coefficient (Wildman–Crippen LogP) is 2.83. The van der Waals surface area contributed by atoms with E-state index in [-0.39, 0.29) is 0 Å². The van der Waals surface area contributed by atoms with Crippen molar-refractivity contribution in [3.8, 4) is 0 Å². The van der Waals surface area contributed by atoms with Crippen molar-refractivity contribution in [2.75, 3.05) is 0 Å². The molecule has 0 radical (unpaired) electrons. The Morgan fingerprint density at radius 3 is 2.08 bits per heavy atom. The van der Waals surface area contributed by atoms with E-state index in [0.29, 0.717) is 0 Å². The lowest BCUT2D eigenvalue weighted by Gasteiger charge is -1.91. The Kier molecular flexibility index (Phi) is 5.70. The second-order valence-corrected chi connectivity index (χ2v) is 2.16. The van der Waals surface area contributed by atoms with Crippen LogP contribution in [0.3, 0.4) is 0 Å². The van der Waals surface area contributed by atoms with Crippen LogP contribution < -0.4 is 0 Å². The molecule has 0 heterocycles. The van der Waals surface area contributed by atoms with Crippen molar-refractivity contribution >= 4 is 6.21 Å². The first-order valence-corrected chi connectivity index (χ1v) is 4.07. The molecule has 12 heavy (non-hydrogen) atoms. The summed E-state index contributed by atoms with van der Waals surface area (Å²) in [6.45, 7) is 6.01. The van der Waals surface area contributed by atoms with Crippen LogP contribution in [0, 0.1) is 6.92 Å². The fourth-order valence-electron chi connectivity index (χ4n) is 0.719. The molecule has 0 spiro atoms. The van der Waals surface area contributed by atoms with Crippen LogP contribution in [0.2, 0.25) is 0 Å². The number of hydrogen-bond donors (Lipinski definition) is 1. The summed E-state index contributed by atoms with van der Waals surface area (Å²) in [5, 5.41) is 11.1. The van der Waals surface area contributed by atoms with E-state index in [1.54, 1.807) is 0 Å². The zero-order chi connectivity index (χ0) is 9.40. The van der Waals surface area contributed by atoms with Gasteiger partial charge in [-0.25, -0.2) is 0 Å². The van der Waals surface area contributed by atoms with Crippen LogP contribution in [0.5, 0.6) is 0 Å². The summed E-state index contributed by atoms with van der Waals surface area (Å²) in [6.07, 6.45) is 1.40. The van der Waals surface area contributed by atoms with Crippen molar-refractivity contribution in [3.05, 3.63) is 35.4 Å². The van der Waals surface area contributed by atoms with Gasteiger partial charge in [-0.3, -0.25) is 0 Å². The Labute approximate surface area is 73.5 Å². The second-order valence-electron chi connectivity index (χ2n) is 2.16. The maximum atomic E-state index is 8.16. The van der Waals surface area contributed by atoms with Gasteiger partial charge >= 0.3 is 0 Å². The minimum absolute atomic E-state index is 0.910. The number of oxime groups is 1. The van der Waals surface area contributed by atoms with Gasteiger partial charge in [0.15, 0.2) is 0 Å². The summed E-state index contributed by atoms with van der Waals surface area (Å²) in [5.41, 5.74) is 2.11. The molecule has 1 aromatic carbocycles. The van der Waals surface area contributed by atoms with Gasteiger partial charge in [-0.05, 0) is 12.5 Å². The molecular weight excluding hydrogens is 150 g/mol. The second kappa shape index (κ2) is 6.40. The molecule has 2 heteroatoms. The highest BCUT2D eigenvalue weighted by atomic mass is 16.4. The van der Waals surface area contributed by atoms with Crippen LogP contribution in [0.15, 0.2) is 29.4 Å². The van der Waals surface area contributed by atoms with Crippen molar-refractivity contribution < 1.29 is 5.21 Å². The molecule has 0 bridgehead atoms. The highest BCUT2D eigenvalue weighted by molar-refractivity contribution is 5.78. The molecular formula is C10H15NO. The van der Waals surface area contributed by atoms with Crippen LogP contribution in [0.4, 0.5) is 0 Å². The largest absolute Gasteiger partial charge is 0.411 e. The minimum atomic E-state index is 0.910. The van der Waals surface area contributed by atoms with Gasteiger partial charge in [0.2, 0.25) is 0 Å². The topological polar surface area (TPSA) is 32.6 Å². The van der Waals surface area contributed by atoms with Crippen LogP contribution >= 0.6 is 0 Å². The lowest BCUT2D eigenvalue weighted by atomic mass is 10.2. The normalized spacial score (nSPS) is 9.25. The smallest absolute Gasteiger partial charge is 0.0733 e. The predicted molar refractivity (Wildman–Crippen MR) is 51.9 cm³/mol. The first kappa shape index (κ1) is 10.7. The highest BCUT2D eigenvalue weighted by Crippen LogP contribution is 1.99. The lowest BCUT2D eigenvalue weighted by Crippen LogP contribution is -1.79. The molecule has 0 unspecified atom stereocenters. The summed E-state index contributed by atoms with van der Waals surface area (Å²) in [7, 11) is 0. The quantitative estimate of drug-likeness (QED) is 0.387. The molecule has 0 fully saturated rings. The molecule has 0 amide bonds. The molecule has 1 N–H and O–H groups in total. The van der Waals surface area contributed by atoms with Gasteiger partial charge in [0.1, 0.15) is 0 Å². The molecule has 0 aliphatic carbocycles. The number of nitrogens with zero attached hydrogens (tertiary/aromatic N) is 1. The number of hydrogen-bond acceptors (Lipinski definition) is 2. The summed E-state index contributed by atoms with van der Waals surface area (Å²) < 4.78 is 0. The Hall–Kier alpha value is -1.31. The van der Waals surface area contributed by atoms with E-state index >= 15 is 0 Å². The maximum absolute atomic E-state index is 8.16. The van der Waals surface area contributed by atoms with Crippen molar-refractivity contribution in [1.29, 1.82) is 0 Å². The third-order valence-corrected chi connectivity index (χ3v) is 1.28. The number of aryl methyl sites for hydroxylation is 1. The Morgan fingerprint density at radius 2 is 1.67 bits per heavy atom. The summed E-state index contributed by atoms with van der Waals surface area (Å²) in [5.74, 6) is 0. The number of benzene rings is 1. The van der Waals surface area contributed by atoms with Crippen molar-refractivity contribution in [3.63, 3.8) is 0 Å². The average molecular weight is 165 g/mol. The third kappa shape index (κ3) is 3.76. The SMILES string of the molecule is CC.Cc1ccc(/C=N\O)cc1. The molecule has 0 aromatic heterocycles. The molecule has 0 saturated heterocycles. The Bertz CT molecular complexity index is 226. The molecule has 1 aromatic rings. The number of rotatable bonds is 1. The first-order chi connectivity index (χ1) is 5.83. The summed E-state index contributed by atoms with van der Waals surface area (Å²) in [6, 6.07) is 7.73. The molecule has 0 saturated carbocycles. The van der Waals surface area contributed by atoms with E-state index in [1.807, 2.05) is 45.0 Å². The lowest BCUT2D eigenvalue weighted by molar-refractivity contribution is 0.322. The fourth-order valence-corrected chi connectivity index (χ4v) is 0.719. The van der Waals surface area contributed by atoms with Crippen molar-refractivity contribution in [1.82, 2.24) is 0 Å². The summed E-state index contributed by atoms with van der Waals surface area (Å²) in [4.78, 5) is 0. The van der Waals surface area contributed by atoms with E-state index in [2.05, 4.69) is 5.16 Å². The van der Waals surface area contributed by atoms with Gasteiger partial charge < -0.3 is 5.21 Å². The standard InChI is InChI=1S/C8H9NO.C2H6/c1-7-2-4-8(5-3-7)6-9-10;1-2/h2-6,10H,1H3;1-2H3/b9-6-;. The van der Waals surface area contributed by atoms with Gasteiger partial charge in [0, 0.05) is 0 Å². The van der Waals surface area contributed by atoms with E-state index in [4.69, 9.17) is 5.21 Å². The maximum Gasteiger partial charge on any atom is 0.0733 e. The third-order valence-electron chi connectivity index (χ3n) is 1.28. The van der Waals surface area contributed by atoms with Gasteiger partial charge in [-0.15, -0.1) is 0 Å². The average Bonchev–Trinajstić information content (AvgIpc) is 2.13. The van der Waals surface area contributed by atoms with E-state index in [9.17, 15) is 0 Å². The van der Waals surface area contributed by atoms with Crippen LogP contribution in [0.1, 0.15) is 25.0 Å². The molecule has 0 atom stereocenters. The highest BCUT2D eigenvalue weighted by Gasteiger charge is 1.84. The Morgan fingerprint density at radius 1 is 1.17 bits per heavy atom. The van der Waals surface area contributed by atoms with E-state index in [1.165, 1.54) is 11.8 Å². The Balaban J connectivity index is 0.000000561. The zero-order valence-corrected chi connectivity index (χ0v) is 7.78. The van der Waals surface area contributed by atoms with Gasteiger partial charge in [0.05, 0.1) is 6.21 Å². The summed E-state index contributed by atoms with van der Waals surface area (Å²) >= 11 is 0. The van der Waals surface area contributed by atoms with Gasteiger partial charge in [-0.1, -0.05) is 48.8 Å². The molecule has 0 aliphatic rings. The van der Waals surface area contributed by atoms with Crippen LogP contribution in [-0.2, 0) is 0 Å². The van der Waals surface area contributed by atoms with Crippen molar-refractivity contribution in [2.45, 2.75) is 20.8 Å².